The lowest BCUT2D eigenvalue weighted by molar-refractivity contribution is -0.132. The van der Waals surface area contributed by atoms with Crippen LogP contribution in [0.5, 0.6) is 0 Å². The molecule has 2 aliphatic rings. The van der Waals surface area contributed by atoms with Gasteiger partial charge in [-0.05, 0) is 11.6 Å². The Morgan fingerprint density at radius 3 is 2.59 bits per heavy atom. The molecule has 0 saturated carbocycles. The van der Waals surface area contributed by atoms with E-state index in [1.54, 1.807) is 0 Å². The number of halogens is 1. The van der Waals surface area contributed by atoms with Crippen molar-refractivity contribution < 1.29 is 9.53 Å². The van der Waals surface area contributed by atoms with Crippen molar-refractivity contribution in [1.82, 2.24) is 9.80 Å². The van der Waals surface area contributed by atoms with E-state index in [0.717, 1.165) is 43.3 Å². The molecule has 2 fully saturated rings. The molecule has 0 aromatic heterocycles. The summed E-state index contributed by atoms with van der Waals surface area (Å²) in [6.07, 6.45) is 0.701. The summed E-state index contributed by atoms with van der Waals surface area (Å²) < 4.78 is 5.44. The van der Waals surface area contributed by atoms with Gasteiger partial charge in [0.1, 0.15) is 5.54 Å². The molecule has 3 rings (SSSR count). The van der Waals surface area contributed by atoms with Crippen molar-refractivity contribution in [2.45, 2.75) is 18.5 Å². The molecule has 2 heterocycles. The molecule has 0 radical (unpaired) electrons. The van der Waals surface area contributed by atoms with E-state index >= 15 is 0 Å². The number of ether oxygens (including phenoxy) is 1. The Kier molecular flexibility index (Phi) is 4.68. The van der Waals surface area contributed by atoms with Gasteiger partial charge >= 0.3 is 0 Å². The second-order valence-corrected chi connectivity index (χ2v) is 6.46. The summed E-state index contributed by atoms with van der Waals surface area (Å²) in [5, 5.41) is 0.808. The summed E-state index contributed by atoms with van der Waals surface area (Å²) in [7, 11) is 0. The summed E-state index contributed by atoms with van der Waals surface area (Å²) in [6, 6.07) is 7.94. The van der Waals surface area contributed by atoms with Gasteiger partial charge in [0.15, 0.2) is 0 Å². The predicted molar refractivity (Wildman–Crippen MR) is 85.7 cm³/mol. The fourth-order valence-corrected chi connectivity index (χ4v) is 3.55. The van der Waals surface area contributed by atoms with Gasteiger partial charge in [-0.15, -0.1) is 0 Å². The molecule has 0 aliphatic carbocycles. The van der Waals surface area contributed by atoms with Crippen LogP contribution in [-0.4, -0.2) is 60.6 Å². The molecule has 1 amide bonds. The average molecular weight is 324 g/mol. The van der Waals surface area contributed by atoms with Crippen LogP contribution in [0.2, 0.25) is 5.02 Å². The summed E-state index contributed by atoms with van der Waals surface area (Å²) in [5.74, 6) is -0.260. The largest absolute Gasteiger partial charge is 0.379 e. The van der Waals surface area contributed by atoms with E-state index in [1.807, 2.05) is 18.2 Å². The normalized spacial score (nSPS) is 27.1. The van der Waals surface area contributed by atoms with E-state index in [9.17, 15) is 4.79 Å². The maximum Gasteiger partial charge on any atom is 0.240 e. The third-order valence-corrected chi connectivity index (χ3v) is 5.16. The first-order valence-electron chi connectivity index (χ1n) is 7.70. The van der Waals surface area contributed by atoms with Crippen LogP contribution in [0, 0.1) is 0 Å². The highest BCUT2D eigenvalue weighted by Crippen LogP contribution is 2.28. The Hall–Kier alpha value is -1.14. The molecule has 0 spiro atoms. The monoisotopic (exact) mass is 323 g/mol. The molecule has 120 valence electrons. The minimum Gasteiger partial charge on any atom is -0.379 e. The van der Waals surface area contributed by atoms with E-state index in [-0.39, 0.29) is 5.91 Å². The summed E-state index contributed by atoms with van der Waals surface area (Å²) in [5.41, 5.74) is 6.19. The van der Waals surface area contributed by atoms with Crippen molar-refractivity contribution in [3.63, 3.8) is 0 Å². The fraction of sp³-hybridized carbons (Fsp3) is 0.562. The van der Waals surface area contributed by atoms with Gasteiger partial charge in [0.05, 0.1) is 6.61 Å². The van der Waals surface area contributed by atoms with Gasteiger partial charge < -0.3 is 10.5 Å². The van der Waals surface area contributed by atoms with Gasteiger partial charge in [0, 0.05) is 50.8 Å². The Bertz CT molecular complexity index is 538. The van der Waals surface area contributed by atoms with Crippen LogP contribution in [0.15, 0.2) is 24.3 Å². The lowest BCUT2D eigenvalue weighted by atomic mass is 9.94. The number of carbonyl (C=O) groups is 1. The molecule has 5 nitrogen and oxygen atoms in total. The van der Waals surface area contributed by atoms with Crippen LogP contribution in [0.4, 0.5) is 0 Å². The van der Waals surface area contributed by atoms with Gasteiger partial charge in [-0.3, -0.25) is 14.6 Å². The van der Waals surface area contributed by atoms with Crippen LogP contribution < -0.4 is 5.73 Å². The number of nitrogens with zero attached hydrogens (tertiary/aromatic N) is 2. The molecule has 1 atom stereocenters. The van der Waals surface area contributed by atoms with E-state index < -0.39 is 5.54 Å². The number of primary amides is 1. The smallest absolute Gasteiger partial charge is 0.240 e. The van der Waals surface area contributed by atoms with Crippen molar-refractivity contribution >= 4 is 17.5 Å². The molecule has 2 N–H and O–H groups in total. The van der Waals surface area contributed by atoms with Crippen LogP contribution in [0.25, 0.3) is 0 Å². The van der Waals surface area contributed by atoms with E-state index in [4.69, 9.17) is 22.1 Å². The fourth-order valence-electron chi connectivity index (χ4n) is 3.36. The van der Waals surface area contributed by atoms with Crippen molar-refractivity contribution in [2.24, 2.45) is 5.73 Å². The first-order valence-corrected chi connectivity index (χ1v) is 8.08. The standard InChI is InChI=1S/C16H22ClN3O2/c17-14-4-2-1-3-13(14)11-19-6-8-20(9-7-19)16(15(18)21)5-10-22-12-16/h1-4H,5-12H2,(H2,18,21). The molecule has 22 heavy (non-hydrogen) atoms. The van der Waals surface area contributed by atoms with Crippen LogP contribution in [0.1, 0.15) is 12.0 Å². The summed E-state index contributed by atoms with van der Waals surface area (Å²) in [4.78, 5) is 16.5. The van der Waals surface area contributed by atoms with Gasteiger partial charge in [0.25, 0.3) is 0 Å². The number of rotatable bonds is 4. The maximum absolute atomic E-state index is 11.9. The minimum atomic E-state index is -0.601. The third-order valence-electron chi connectivity index (χ3n) is 4.79. The maximum atomic E-state index is 11.9. The number of nitrogens with two attached hydrogens (primary N) is 1. The number of hydrogen-bond acceptors (Lipinski definition) is 4. The third kappa shape index (κ3) is 2.99. The average Bonchev–Trinajstić information content (AvgIpc) is 3.01. The summed E-state index contributed by atoms with van der Waals surface area (Å²) in [6.45, 7) is 5.34. The lowest BCUT2D eigenvalue weighted by Gasteiger charge is -2.43. The van der Waals surface area contributed by atoms with Gasteiger partial charge in [-0.2, -0.15) is 0 Å². The zero-order valence-electron chi connectivity index (χ0n) is 12.6. The van der Waals surface area contributed by atoms with Crippen molar-refractivity contribution in [2.75, 3.05) is 39.4 Å². The van der Waals surface area contributed by atoms with Crippen molar-refractivity contribution in [3.05, 3.63) is 34.9 Å². The second-order valence-electron chi connectivity index (χ2n) is 6.05. The Morgan fingerprint density at radius 1 is 1.27 bits per heavy atom. The van der Waals surface area contributed by atoms with Crippen LogP contribution in [0.3, 0.4) is 0 Å². The SMILES string of the molecule is NC(=O)C1(N2CCN(Cc3ccccc3Cl)CC2)CCOC1. The zero-order valence-corrected chi connectivity index (χ0v) is 13.4. The molecule has 1 unspecified atom stereocenters. The zero-order chi connectivity index (χ0) is 15.6. The first kappa shape index (κ1) is 15.7. The van der Waals surface area contributed by atoms with Crippen molar-refractivity contribution in [1.29, 1.82) is 0 Å². The first-order chi connectivity index (χ1) is 10.6. The second kappa shape index (κ2) is 6.54. The van der Waals surface area contributed by atoms with E-state index in [1.165, 1.54) is 0 Å². The Labute approximate surface area is 136 Å². The molecule has 6 heteroatoms. The minimum absolute atomic E-state index is 0.260. The van der Waals surface area contributed by atoms with E-state index in [0.29, 0.717) is 19.6 Å². The quantitative estimate of drug-likeness (QED) is 0.901. The Morgan fingerprint density at radius 2 is 2.00 bits per heavy atom. The number of benzene rings is 1. The highest BCUT2D eigenvalue weighted by atomic mass is 35.5. The topological polar surface area (TPSA) is 58.8 Å². The molecule has 2 aliphatic heterocycles. The van der Waals surface area contributed by atoms with Crippen molar-refractivity contribution in [3.8, 4) is 0 Å². The summed E-state index contributed by atoms with van der Waals surface area (Å²) >= 11 is 6.22. The molecular weight excluding hydrogens is 302 g/mol. The van der Waals surface area contributed by atoms with Crippen LogP contribution in [-0.2, 0) is 16.1 Å². The highest BCUT2D eigenvalue weighted by Gasteiger charge is 2.46. The molecule has 1 aromatic rings. The van der Waals surface area contributed by atoms with Gasteiger partial charge in [-0.1, -0.05) is 29.8 Å². The number of hydrogen-bond donors (Lipinski definition) is 1. The number of amides is 1. The van der Waals surface area contributed by atoms with E-state index in [2.05, 4.69) is 15.9 Å². The molecule has 0 bridgehead atoms. The van der Waals surface area contributed by atoms with Crippen LogP contribution >= 0.6 is 11.6 Å². The molecular formula is C16H22ClN3O2. The highest BCUT2D eigenvalue weighted by molar-refractivity contribution is 6.31. The number of piperazine rings is 1. The lowest BCUT2D eigenvalue weighted by Crippen LogP contribution is -2.63. The number of carbonyl (C=O) groups excluding carboxylic acids is 1. The van der Waals surface area contributed by atoms with Gasteiger partial charge in [0.2, 0.25) is 5.91 Å². The predicted octanol–water partition coefficient (Wildman–Crippen LogP) is 1.10. The molecule has 1 aromatic carbocycles. The van der Waals surface area contributed by atoms with Gasteiger partial charge in [-0.25, -0.2) is 0 Å². The Balaban J connectivity index is 1.61. The molecule has 2 saturated heterocycles.